The van der Waals surface area contributed by atoms with E-state index >= 15 is 0 Å². The van der Waals surface area contributed by atoms with Crippen molar-refractivity contribution in [1.82, 2.24) is 20.0 Å². The molecular weight excluding hydrogens is 559 g/mol. The number of nitrogens with one attached hydrogen (secondary N) is 1. The van der Waals surface area contributed by atoms with Crippen LogP contribution in [0.5, 0.6) is 11.5 Å². The first-order valence-electron chi connectivity index (χ1n) is 13.1. The SMILES string of the molecule is CCOC(=O)C1=C(CN2CCCN(C(=O)c3ccc4c(c3)OCO4)CC2)N(C)C(=O)N[C@H]1c1cccc(Cl)c1Cl. The Bertz CT molecular complexity index is 1370. The fourth-order valence-corrected chi connectivity index (χ4v) is 5.55. The number of benzene rings is 2. The lowest BCUT2D eigenvalue weighted by Crippen LogP contribution is -2.49. The number of likely N-dealkylation sites (N-methyl/N-ethyl adjacent to an activating group) is 1. The number of fused-ring (bicyclic) bond motifs is 1. The topological polar surface area (TPSA) is 101 Å². The predicted octanol–water partition coefficient (Wildman–Crippen LogP) is 4.08. The van der Waals surface area contributed by atoms with Crippen LogP contribution in [-0.4, -0.2) is 85.8 Å². The third-order valence-electron chi connectivity index (χ3n) is 7.23. The van der Waals surface area contributed by atoms with E-state index in [1.807, 2.05) is 4.90 Å². The van der Waals surface area contributed by atoms with E-state index in [2.05, 4.69) is 10.2 Å². The molecule has 12 heteroatoms. The molecule has 3 heterocycles. The highest BCUT2D eigenvalue weighted by molar-refractivity contribution is 6.42. The highest BCUT2D eigenvalue weighted by atomic mass is 35.5. The van der Waals surface area contributed by atoms with E-state index in [0.717, 1.165) is 6.42 Å². The van der Waals surface area contributed by atoms with Gasteiger partial charge in [-0.25, -0.2) is 9.59 Å². The molecule has 0 aliphatic carbocycles. The number of halogens is 2. The first kappa shape index (κ1) is 28.1. The fraction of sp³-hybridized carbons (Fsp3) is 0.393. The number of esters is 1. The molecule has 1 saturated heterocycles. The summed E-state index contributed by atoms with van der Waals surface area (Å²) in [6.07, 6.45) is 0.720. The quantitative estimate of drug-likeness (QED) is 0.507. The van der Waals surface area contributed by atoms with Gasteiger partial charge in [0.05, 0.1) is 28.3 Å². The van der Waals surface area contributed by atoms with Gasteiger partial charge in [-0.15, -0.1) is 0 Å². The van der Waals surface area contributed by atoms with E-state index in [0.29, 0.717) is 71.6 Å². The van der Waals surface area contributed by atoms with Crippen molar-refractivity contribution >= 4 is 41.1 Å². The lowest BCUT2D eigenvalue weighted by molar-refractivity contribution is -0.139. The van der Waals surface area contributed by atoms with Crippen molar-refractivity contribution in [3.8, 4) is 11.5 Å². The van der Waals surface area contributed by atoms with Crippen LogP contribution >= 0.6 is 23.2 Å². The molecule has 0 spiro atoms. The van der Waals surface area contributed by atoms with Crippen molar-refractivity contribution in [2.75, 3.05) is 53.2 Å². The predicted molar refractivity (Wildman–Crippen MR) is 149 cm³/mol. The maximum Gasteiger partial charge on any atom is 0.338 e. The molecule has 0 bridgehead atoms. The second-order valence-electron chi connectivity index (χ2n) is 9.66. The standard InChI is InChI=1S/C28H30Cl2N4O6/c1-3-38-27(36)23-20(32(2)28(37)31-25(23)18-6-4-7-19(29)24(18)30)15-33-10-5-11-34(13-12-33)26(35)17-8-9-21-22(14-17)40-16-39-21/h4,6-9,14,25H,3,5,10-13,15-16H2,1-2H3,(H,31,37)/t25-/m0/s1. The summed E-state index contributed by atoms with van der Waals surface area (Å²) in [4.78, 5) is 45.0. The van der Waals surface area contributed by atoms with Crippen LogP contribution in [0.3, 0.4) is 0 Å². The number of ether oxygens (including phenoxy) is 3. The second-order valence-corrected chi connectivity index (χ2v) is 10.4. The molecule has 2 aromatic carbocycles. The van der Waals surface area contributed by atoms with Crippen molar-refractivity contribution in [1.29, 1.82) is 0 Å². The normalized spacial score (nSPS) is 19.4. The van der Waals surface area contributed by atoms with E-state index in [4.69, 9.17) is 37.4 Å². The highest BCUT2D eigenvalue weighted by Crippen LogP contribution is 2.38. The summed E-state index contributed by atoms with van der Waals surface area (Å²) in [6.45, 7) is 4.62. The average molecular weight is 589 g/mol. The molecule has 3 aliphatic rings. The Hall–Kier alpha value is -3.47. The smallest absolute Gasteiger partial charge is 0.338 e. The van der Waals surface area contributed by atoms with Crippen LogP contribution in [0.1, 0.15) is 35.3 Å². The van der Waals surface area contributed by atoms with Gasteiger partial charge in [0, 0.05) is 51.0 Å². The van der Waals surface area contributed by atoms with Gasteiger partial charge in [0.2, 0.25) is 6.79 Å². The first-order valence-corrected chi connectivity index (χ1v) is 13.8. The molecule has 0 unspecified atom stereocenters. The van der Waals surface area contributed by atoms with E-state index in [-0.39, 0.29) is 30.4 Å². The number of amides is 3. The number of carbonyl (C=O) groups is 3. The minimum atomic E-state index is -0.833. The molecule has 3 aliphatic heterocycles. The van der Waals surface area contributed by atoms with Crippen LogP contribution in [-0.2, 0) is 9.53 Å². The maximum absolute atomic E-state index is 13.3. The third kappa shape index (κ3) is 5.56. The Labute approximate surface area is 242 Å². The Morgan fingerprint density at radius 3 is 2.67 bits per heavy atom. The molecule has 0 radical (unpaired) electrons. The van der Waals surface area contributed by atoms with E-state index in [1.54, 1.807) is 50.4 Å². The Morgan fingerprint density at radius 1 is 1.07 bits per heavy atom. The fourth-order valence-electron chi connectivity index (χ4n) is 5.13. The zero-order valence-electron chi connectivity index (χ0n) is 22.2. The molecule has 1 fully saturated rings. The van der Waals surface area contributed by atoms with Gasteiger partial charge in [0.25, 0.3) is 5.91 Å². The summed E-state index contributed by atoms with van der Waals surface area (Å²) in [7, 11) is 1.62. The van der Waals surface area contributed by atoms with Crippen molar-refractivity contribution < 1.29 is 28.6 Å². The molecule has 1 N–H and O–H groups in total. The Morgan fingerprint density at radius 2 is 1.88 bits per heavy atom. The van der Waals surface area contributed by atoms with Gasteiger partial charge in [0.1, 0.15) is 0 Å². The average Bonchev–Trinajstić information content (AvgIpc) is 3.29. The maximum atomic E-state index is 13.3. The third-order valence-corrected chi connectivity index (χ3v) is 8.07. The molecule has 1 atom stereocenters. The largest absolute Gasteiger partial charge is 0.463 e. The van der Waals surface area contributed by atoms with Crippen LogP contribution in [0.25, 0.3) is 0 Å². The van der Waals surface area contributed by atoms with Gasteiger partial charge in [-0.2, -0.15) is 0 Å². The number of hydrogen-bond acceptors (Lipinski definition) is 7. The van der Waals surface area contributed by atoms with Crippen LogP contribution in [0.4, 0.5) is 4.79 Å². The molecular formula is C28H30Cl2N4O6. The van der Waals surface area contributed by atoms with Gasteiger partial charge in [-0.05, 0) is 43.2 Å². The Kier molecular flexibility index (Phi) is 8.39. The lowest BCUT2D eigenvalue weighted by Gasteiger charge is -2.37. The summed E-state index contributed by atoms with van der Waals surface area (Å²) in [6, 6.07) is 9.08. The Balaban J connectivity index is 1.39. The minimum Gasteiger partial charge on any atom is -0.463 e. The number of carbonyl (C=O) groups excluding carboxylic acids is 3. The van der Waals surface area contributed by atoms with Crippen LogP contribution in [0.15, 0.2) is 47.7 Å². The second kappa shape index (κ2) is 12.0. The van der Waals surface area contributed by atoms with E-state index in [9.17, 15) is 14.4 Å². The summed E-state index contributed by atoms with van der Waals surface area (Å²) >= 11 is 12.8. The molecule has 2 aromatic rings. The van der Waals surface area contributed by atoms with Crippen molar-refractivity contribution in [2.24, 2.45) is 0 Å². The highest BCUT2D eigenvalue weighted by Gasteiger charge is 2.38. The van der Waals surface area contributed by atoms with E-state index in [1.165, 1.54) is 4.90 Å². The molecule has 3 amide bonds. The summed E-state index contributed by atoms with van der Waals surface area (Å²) in [5, 5.41) is 3.45. The number of hydrogen-bond donors (Lipinski definition) is 1. The molecule has 0 saturated carbocycles. The lowest BCUT2D eigenvalue weighted by atomic mass is 9.94. The molecule has 212 valence electrons. The van der Waals surface area contributed by atoms with Crippen LogP contribution in [0.2, 0.25) is 10.0 Å². The number of urea groups is 1. The van der Waals surface area contributed by atoms with Gasteiger partial charge < -0.3 is 24.4 Å². The molecule has 10 nitrogen and oxygen atoms in total. The monoisotopic (exact) mass is 588 g/mol. The van der Waals surface area contributed by atoms with Crippen molar-refractivity contribution in [2.45, 2.75) is 19.4 Å². The summed E-state index contributed by atoms with van der Waals surface area (Å²) < 4.78 is 16.2. The van der Waals surface area contributed by atoms with Gasteiger partial charge in [-0.3, -0.25) is 14.6 Å². The van der Waals surface area contributed by atoms with Gasteiger partial charge in [-0.1, -0.05) is 35.3 Å². The molecule has 5 rings (SSSR count). The zero-order valence-corrected chi connectivity index (χ0v) is 23.8. The zero-order chi connectivity index (χ0) is 28.4. The van der Waals surface area contributed by atoms with E-state index < -0.39 is 12.0 Å². The first-order chi connectivity index (χ1) is 19.3. The van der Waals surface area contributed by atoms with Gasteiger partial charge >= 0.3 is 12.0 Å². The number of nitrogens with zero attached hydrogens (tertiary/aromatic N) is 3. The van der Waals surface area contributed by atoms with Crippen molar-refractivity contribution in [3.05, 3.63) is 68.8 Å². The molecule has 0 aromatic heterocycles. The summed E-state index contributed by atoms with van der Waals surface area (Å²) in [5.41, 5.74) is 1.85. The summed E-state index contributed by atoms with van der Waals surface area (Å²) in [5.74, 6) is 0.562. The van der Waals surface area contributed by atoms with Crippen molar-refractivity contribution in [3.63, 3.8) is 0 Å². The van der Waals surface area contributed by atoms with Crippen LogP contribution < -0.4 is 14.8 Å². The van der Waals surface area contributed by atoms with Crippen LogP contribution in [0, 0.1) is 0 Å². The minimum absolute atomic E-state index is 0.0867. The molecule has 40 heavy (non-hydrogen) atoms. The van der Waals surface area contributed by atoms with Gasteiger partial charge in [0.15, 0.2) is 11.5 Å². The number of rotatable bonds is 6.